The average molecular weight is 586 g/mol. The summed E-state index contributed by atoms with van der Waals surface area (Å²) in [6, 6.07) is 15.7. The van der Waals surface area contributed by atoms with Crippen LogP contribution in [-0.4, -0.2) is 28.4 Å². The van der Waals surface area contributed by atoms with Crippen molar-refractivity contribution < 1.29 is 13.9 Å². The maximum Gasteiger partial charge on any atom is 0.282 e. The molecular formula is C27H23BrClFN4O3. The molecule has 0 aliphatic heterocycles. The van der Waals surface area contributed by atoms with Gasteiger partial charge in [-0.05, 0) is 61.0 Å². The number of nitrogens with one attached hydrogen (secondary N) is 1. The van der Waals surface area contributed by atoms with Crippen molar-refractivity contribution in [3.05, 3.63) is 97.7 Å². The average Bonchev–Trinajstić information content (AvgIpc) is 2.87. The van der Waals surface area contributed by atoms with Crippen molar-refractivity contribution in [2.24, 2.45) is 5.10 Å². The van der Waals surface area contributed by atoms with Gasteiger partial charge < -0.3 is 10.1 Å². The summed E-state index contributed by atoms with van der Waals surface area (Å²) in [6.45, 7) is 3.65. The highest BCUT2D eigenvalue weighted by atomic mass is 79.9. The van der Waals surface area contributed by atoms with Crippen LogP contribution in [0.3, 0.4) is 0 Å². The van der Waals surface area contributed by atoms with E-state index in [1.165, 1.54) is 29.1 Å². The summed E-state index contributed by atoms with van der Waals surface area (Å²) in [7, 11) is 0. The second-order valence-corrected chi connectivity index (χ2v) is 9.68. The summed E-state index contributed by atoms with van der Waals surface area (Å²) in [5.74, 6) is -0.102. The van der Waals surface area contributed by atoms with Crippen molar-refractivity contribution in [3.63, 3.8) is 0 Å². The van der Waals surface area contributed by atoms with Crippen molar-refractivity contribution in [3.8, 4) is 5.75 Å². The third kappa shape index (κ3) is 6.42. The topological polar surface area (TPSA) is 85.6 Å². The highest BCUT2D eigenvalue weighted by Gasteiger charge is 2.16. The minimum atomic E-state index is -0.469. The Balaban J connectivity index is 1.64. The van der Waals surface area contributed by atoms with Gasteiger partial charge in [0, 0.05) is 26.7 Å². The fraction of sp³-hybridized carbons (Fsp3) is 0.185. The molecule has 4 aromatic rings. The predicted molar refractivity (Wildman–Crippen MR) is 147 cm³/mol. The number of anilines is 1. The number of rotatable bonds is 8. The van der Waals surface area contributed by atoms with Gasteiger partial charge in [-0.1, -0.05) is 47.4 Å². The van der Waals surface area contributed by atoms with Crippen LogP contribution in [0.1, 0.15) is 37.6 Å². The van der Waals surface area contributed by atoms with Gasteiger partial charge in [0.15, 0.2) is 6.61 Å². The van der Waals surface area contributed by atoms with Crippen LogP contribution in [0.25, 0.3) is 10.9 Å². The van der Waals surface area contributed by atoms with Gasteiger partial charge in [-0.15, -0.1) is 0 Å². The Bertz CT molecular complexity index is 1560. The van der Waals surface area contributed by atoms with Crippen LogP contribution < -0.4 is 15.6 Å². The first-order valence-electron chi connectivity index (χ1n) is 11.5. The van der Waals surface area contributed by atoms with Gasteiger partial charge in [-0.3, -0.25) is 9.59 Å². The Morgan fingerprint density at radius 1 is 1.24 bits per heavy atom. The van der Waals surface area contributed by atoms with E-state index in [9.17, 15) is 14.0 Å². The molecular weight excluding hydrogens is 563 g/mol. The van der Waals surface area contributed by atoms with Crippen LogP contribution >= 0.6 is 27.5 Å². The first-order valence-corrected chi connectivity index (χ1v) is 12.7. The molecule has 190 valence electrons. The van der Waals surface area contributed by atoms with E-state index in [0.717, 1.165) is 10.9 Å². The lowest BCUT2D eigenvalue weighted by molar-refractivity contribution is -0.118. The van der Waals surface area contributed by atoms with E-state index < -0.39 is 11.7 Å². The van der Waals surface area contributed by atoms with E-state index >= 15 is 0 Å². The summed E-state index contributed by atoms with van der Waals surface area (Å²) in [5, 5.41) is 7.88. The van der Waals surface area contributed by atoms with Gasteiger partial charge in [0.2, 0.25) is 0 Å². The zero-order chi connectivity index (χ0) is 26.5. The maximum atomic E-state index is 13.4. The number of nitrogens with zero attached hydrogens (tertiary/aromatic N) is 3. The number of hydrogen-bond acceptors (Lipinski definition) is 5. The molecule has 0 aliphatic rings. The number of carbonyl (C=O) groups excluding carboxylic acids is 1. The molecule has 0 spiro atoms. The number of benzene rings is 3. The zero-order valence-corrected chi connectivity index (χ0v) is 22.4. The molecule has 0 fully saturated rings. The molecule has 37 heavy (non-hydrogen) atoms. The molecule has 1 aromatic heterocycles. The monoisotopic (exact) mass is 584 g/mol. The summed E-state index contributed by atoms with van der Waals surface area (Å²) < 4.78 is 21.1. The molecule has 0 aliphatic carbocycles. The first-order chi connectivity index (χ1) is 17.7. The van der Waals surface area contributed by atoms with Crippen molar-refractivity contribution in [2.75, 3.05) is 11.9 Å². The van der Waals surface area contributed by atoms with Gasteiger partial charge in [0.25, 0.3) is 11.5 Å². The number of carbonyl (C=O) groups is 1. The van der Waals surface area contributed by atoms with Crippen LogP contribution in [0.2, 0.25) is 5.02 Å². The summed E-state index contributed by atoms with van der Waals surface area (Å²) in [6.07, 6.45) is 2.21. The van der Waals surface area contributed by atoms with E-state index in [1.54, 1.807) is 36.4 Å². The molecule has 7 nitrogen and oxygen atoms in total. The Morgan fingerprint density at radius 2 is 2.05 bits per heavy atom. The Morgan fingerprint density at radius 3 is 2.81 bits per heavy atom. The third-order valence-electron chi connectivity index (χ3n) is 5.64. The molecule has 1 atom stereocenters. The summed E-state index contributed by atoms with van der Waals surface area (Å²) in [4.78, 5) is 30.4. The van der Waals surface area contributed by atoms with Crippen LogP contribution in [0.5, 0.6) is 5.75 Å². The summed E-state index contributed by atoms with van der Waals surface area (Å²) >= 11 is 9.60. The fourth-order valence-corrected chi connectivity index (χ4v) is 4.10. The normalized spacial score (nSPS) is 12.1. The van der Waals surface area contributed by atoms with Crippen LogP contribution in [0.15, 0.2) is 75.0 Å². The first kappa shape index (κ1) is 26.5. The lowest BCUT2D eigenvalue weighted by atomic mass is 10.1. The molecule has 0 saturated carbocycles. The summed E-state index contributed by atoms with van der Waals surface area (Å²) in [5.41, 5.74) is 1.06. The number of hydrogen-bond donors (Lipinski definition) is 1. The molecule has 4 rings (SSSR count). The second kappa shape index (κ2) is 11.7. The van der Waals surface area contributed by atoms with E-state index in [4.69, 9.17) is 21.3 Å². The van der Waals surface area contributed by atoms with Crippen LogP contribution in [-0.2, 0) is 4.79 Å². The SMILES string of the molecule is CC[C@@H](C)c1nc2ccc(Br)cc2c(=O)n1N=Cc1cc(Cl)ccc1OCC(=O)Nc1cccc(F)c1. The quantitative estimate of drug-likeness (QED) is 0.244. The minimum Gasteiger partial charge on any atom is -0.483 e. The molecule has 0 bridgehead atoms. The predicted octanol–water partition coefficient (Wildman–Crippen LogP) is 6.36. The number of aromatic nitrogens is 2. The third-order valence-corrected chi connectivity index (χ3v) is 6.37. The largest absolute Gasteiger partial charge is 0.483 e. The lowest BCUT2D eigenvalue weighted by Gasteiger charge is -2.14. The molecule has 0 radical (unpaired) electrons. The fourth-order valence-electron chi connectivity index (χ4n) is 3.56. The Hall–Kier alpha value is -3.56. The van der Waals surface area contributed by atoms with E-state index in [2.05, 4.69) is 26.3 Å². The zero-order valence-electron chi connectivity index (χ0n) is 20.0. The van der Waals surface area contributed by atoms with Gasteiger partial charge in [0.05, 0.1) is 17.1 Å². The van der Waals surface area contributed by atoms with Gasteiger partial charge in [-0.2, -0.15) is 9.78 Å². The number of amides is 1. The Labute approximate surface area is 226 Å². The smallest absolute Gasteiger partial charge is 0.282 e. The van der Waals surface area contributed by atoms with Gasteiger partial charge in [-0.25, -0.2) is 9.37 Å². The van der Waals surface area contributed by atoms with E-state index in [1.807, 2.05) is 19.9 Å². The van der Waals surface area contributed by atoms with Crippen molar-refractivity contribution in [1.82, 2.24) is 9.66 Å². The van der Waals surface area contributed by atoms with Crippen molar-refractivity contribution >= 4 is 56.2 Å². The lowest BCUT2D eigenvalue weighted by Crippen LogP contribution is -2.24. The van der Waals surface area contributed by atoms with Crippen molar-refractivity contribution in [2.45, 2.75) is 26.2 Å². The molecule has 1 N–H and O–H groups in total. The standard InChI is InChI=1S/C27H23BrClFN4O3/c1-3-16(2)26-33-23-9-7-18(28)12-22(23)27(36)34(26)31-14-17-11-19(29)8-10-24(17)37-15-25(35)32-21-6-4-5-20(30)13-21/h4-14,16H,3,15H2,1-2H3,(H,32,35)/t16-/m1/s1. The van der Waals surface area contributed by atoms with Gasteiger partial charge in [0.1, 0.15) is 17.4 Å². The van der Waals surface area contributed by atoms with Crippen molar-refractivity contribution in [1.29, 1.82) is 0 Å². The highest BCUT2D eigenvalue weighted by molar-refractivity contribution is 9.10. The Kier molecular flexibility index (Phi) is 8.35. The van der Waals surface area contributed by atoms with E-state index in [-0.39, 0.29) is 18.1 Å². The number of halogens is 3. The van der Waals surface area contributed by atoms with Crippen LogP contribution in [0.4, 0.5) is 10.1 Å². The molecule has 1 amide bonds. The molecule has 10 heteroatoms. The van der Waals surface area contributed by atoms with Crippen LogP contribution in [0, 0.1) is 5.82 Å². The molecule has 1 heterocycles. The second-order valence-electron chi connectivity index (χ2n) is 8.33. The maximum absolute atomic E-state index is 13.4. The highest BCUT2D eigenvalue weighted by Crippen LogP contribution is 2.23. The molecule has 0 unspecified atom stereocenters. The minimum absolute atomic E-state index is 0.0282. The number of fused-ring (bicyclic) bond motifs is 1. The number of ether oxygens (including phenoxy) is 1. The molecule has 0 saturated heterocycles. The van der Waals surface area contributed by atoms with E-state index in [0.29, 0.717) is 38.8 Å². The van der Waals surface area contributed by atoms with Gasteiger partial charge >= 0.3 is 0 Å². The molecule has 3 aromatic carbocycles.